The molecule has 110 valence electrons. The number of primary amides is 1. The highest BCUT2D eigenvalue weighted by molar-refractivity contribution is 7.91. The summed E-state index contributed by atoms with van der Waals surface area (Å²) in [5.74, 6) is -2.18. The van der Waals surface area contributed by atoms with Crippen molar-refractivity contribution < 1.29 is 23.1 Å². The molecule has 1 atom stereocenters. The van der Waals surface area contributed by atoms with Crippen LogP contribution in [0.2, 0.25) is 0 Å². The van der Waals surface area contributed by atoms with Crippen LogP contribution in [0.1, 0.15) is 19.3 Å². The monoisotopic (exact) mass is 292 g/mol. The number of likely N-dealkylation sites (tertiary alicyclic amines) is 1. The molecule has 3 N–H and O–H groups in total. The Hall–Kier alpha value is -1.15. The first-order chi connectivity index (χ1) is 8.80. The van der Waals surface area contributed by atoms with E-state index < -0.39 is 27.6 Å². The van der Waals surface area contributed by atoms with Crippen LogP contribution in [0.4, 0.5) is 0 Å². The van der Waals surface area contributed by atoms with Crippen LogP contribution in [-0.2, 0) is 19.4 Å². The van der Waals surface area contributed by atoms with Crippen LogP contribution in [-0.4, -0.2) is 61.4 Å². The molecule has 8 heteroatoms. The zero-order valence-electron chi connectivity index (χ0n) is 10.7. The van der Waals surface area contributed by atoms with E-state index in [-0.39, 0.29) is 17.9 Å². The number of hydrogen-bond acceptors (Lipinski definition) is 5. The molecule has 0 aromatic carbocycles. The standard InChI is InChI=1S/C11H20N2O5S/c12-10(14)3-6-19(17,18)7-5-13-4-1-2-9(8-13)11(15)16/h9H,1-8H2,(H2,12,14)(H,15,16). The van der Waals surface area contributed by atoms with E-state index in [0.717, 1.165) is 13.0 Å². The molecule has 0 spiro atoms. The number of carbonyl (C=O) groups is 2. The van der Waals surface area contributed by atoms with Crippen LogP contribution >= 0.6 is 0 Å². The summed E-state index contributed by atoms with van der Waals surface area (Å²) in [7, 11) is -3.30. The number of carboxylic acids is 1. The molecule has 1 unspecified atom stereocenters. The number of hydrogen-bond donors (Lipinski definition) is 2. The highest BCUT2D eigenvalue weighted by Gasteiger charge is 2.26. The van der Waals surface area contributed by atoms with Gasteiger partial charge in [0, 0.05) is 19.5 Å². The van der Waals surface area contributed by atoms with Gasteiger partial charge in [-0.15, -0.1) is 0 Å². The van der Waals surface area contributed by atoms with Crippen LogP contribution in [0.25, 0.3) is 0 Å². The van der Waals surface area contributed by atoms with Crippen molar-refractivity contribution in [3.05, 3.63) is 0 Å². The van der Waals surface area contributed by atoms with Crippen molar-refractivity contribution in [3.63, 3.8) is 0 Å². The van der Waals surface area contributed by atoms with E-state index in [9.17, 15) is 18.0 Å². The van der Waals surface area contributed by atoms with Crippen LogP contribution in [0.3, 0.4) is 0 Å². The molecule has 7 nitrogen and oxygen atoms in total. The lowest BCUT2D eigenvalue weighted by Crippen LogP contribution is -2.41. The third-order valence-corrected chi connectivity index (χ3v) is 4.86. The molecule has 0 aromatic rings. The fourth-order valence-corrected chi connectivity index (χ4v) is 3.34. The molecule has 1 fully saturated rings. The molecule has 1 saturated heterocycles. The van der Waals surface area contributed by atoms with Gasteiger partial charge in [-0.3, -0.25) is 9.59 Å². The lowest BCUT2D eigenvalue weighted by molar-refractivity contribution is -0.143. The first-order valence-electron chi connectivity index (χ1n) is 6.24. The Bertz CT molecular complexity index is 434. The van der Waals surface area contributed by atoms with E-state index in [0.29, 0.717) is 19.5 Å². The van der Waals surface area contributed by atoms with Gasteiger partial charge in [-0.1, -0.05) is 0 Å². The number of aliphatic carboxylic acids is 1. The van der Waals surface area contributed by atoms with Gasteiger partial charge in [0.1, 0.15) is 0 Å². The number of rotatable bonds is 7. The first-order valence-corrected chi connectivity index (χ1v) is 8.06. The second-order valence-electron chi connectivity index (χ2n) is 4.85. The molecule has 19 heavy (non-hydrogen) atoms. The Kier molecular flexibility index (Phi) is 5.74. The Balaban J connectivity index is 2.39. The molecule has 0 saturated carbocycles. The van der Waals surface area contributed by atoms with Gasteiger partial charge in [-0.2, -0.15) is 0 Å². The molecule has 1 rings (SSSR count). The Morgan fingerprint density at radius 2 is 2.00 bits per heavy atom. The summed E-state index contributed by atoms with van der Waals surface area (Å²) in [4.78, 5) is 23.3. The fraction of sp³-hybridized carbons (Fsp3) is 0.818. The molecule has 1 heterocycles. The minimum Gasteiger partial charge on any atom is -0.481 e. The summed E-state index contributed by atoms with van der Waals surface area (Å²) in [6.45, 7) is 1.42. The average Bonchev–Trinajstić information content (AvgIpc) is 2.35. The van der Waals surface area contributed by atoms with Crippen molar-refractivity contribution >= 4 is 21.7 Å². The molecule has 0 aliphatic carbocycles. The van der Waals surface area contributed by atoms with Crippen molar-refractivity contribution in [3.8, 4) is 0 Å². The van der Waals surface area contributed by atoms with E-state index in [1.54, 1.807) is 0 Å². The highest BCUT2D eigenvalue weighted by atomic mass is 32.2. The van der Waals surface area contributed by atoms with Crippen LogP contribution in [0.15, 0.2) is 0 Å². The lowest BCUT2D eigenvalue weighted by Gasteiger charge is -2.30. The van der Waals surface area contributed by atoms with Crippen molar-refractivity contribution in [1.82, 2.24) is 4.90 Å². The van der Waals surface area contributed by atoms with Gasteiger partial charge in [0.05, 0.1) is 17.4 Å². The molecule has 1 aliphatic heterocycles. The lowest BCUT2D eigenvalue weighted by atomic mass is 9.98. The van der Waals surface area contributed by atoms with E-state index in [1.165, 1.54) is 0 Å². The zero-order chi connectivity index (χ0) is 14.5. The Labute approximate surface area is 112 Å². The Morgan fingerprint density at radius 3 is 2.58 bits per heavy atom. The molecular formula is C11H20N2O5S. The van der Waals surface area contributed by atoms with E-state index in [4.69, 9.17) is 10.8 Å². The fourth-order valence-electron chi connectivity index (χ4n) is 2.09. The summed E-state index contributed by atoms with van der Waals surface area (Å²) in [6.07, 6.45) is 1.23. The molecule has 0 bridgehead atoms. The van der Waals surface area contributed by atoms with Crippen molar-refractivity contribution in [1.29, 1.82) is 0 Å². The van der Waals surface area contributed by atoms with Gasteiger partial charge in [0.15, 0.2) is 9.84 Å². The van der Waals surface area contributed by atoms with Gasteiger partial charge < -0.3 is 15.7 Å². The zero-order valence-corrected chi connectivity index (χ0v) is 11.6. The number of piperidine rings is 1. The molecule has 1 amide bonds. The number of amides is 1. The van der Waals surface area contributed by atoms with Gasteiger partial charge >= 0.3 is 5.97 Å². The number of nitrogens with zero attached hydrogens (tertiary/aromatic N) is 1. The maximum absolute atomic E-state index is 11.6. The summed E-state index contributed by atoms with van der Waals surface area (Å²) in [5, 5.41) is 8.93. The van der Waals surface area contributed by atoms with E-state index >= 15 is 0 Å². The summed E-state index contributed by atoms with van der Waals surface area (Å²) >= 11 is 0. The average molecular weight is 292 g/mol. The summed E-state index contributed by atoms with van der Waals surface area (Å²) < 4.78 is 23.3. The SMILES string of the molecule is NC(=O)CCS(=O)(=O)CCN1CCCC(C(=O)O)C1. The largest absolute Gasteiger partial charge is 0.481 e. The second kappa shape index (κ2) is 6.85. The highest BCUT2D eigenvalue weighted by Crippen LogP contribution is 2.16. The van der Waals surface area contributed by atoms with Crippen LogP contribution < -0.4 is 5.73 Å². The van der Waals surface area contributed by atoms with Gasteiger partial charge in [0.2, 0.25) is 5.91 Å². The van der Waals surface area contributed by atoms with E-state index in [2.05, 4.69) is 0 Å². The van der Waals surface area contributed by atoms with Gasteiger partial charge in [-0.25, -0.2) is 8.42 Å². The molecule has 0 radical (unpaired) electrons. The summed E-state index contributed by atoms with van der Waals surface area (Å²) in [5.41, 5.74) is 4.91. The normalized spacial score (nSPS) is 21.2. The molecule has 1 aliphatic rings. The van der Waals surface area contributed by atoms with Gasteiger partial charge in [0.25, 0.3) is 0 Å². The maximum atomic E-state index is 11.6. The number of carbonyl (C=O) groups excluding carboxylic acids is 1. The minimum atomic E-state index is -3.30. The van der Waals surface area contributed by atoms with Crippen LogP contribution in [0, 0.1) is 5.92 Å². The second-order valence-corrected chi connectivity index (χ2v) is 7.15. The van der Waals surface area contributed by atoms with Crippen molar-refractivity contribution in [2.45, 2.75) is 19.3 Å². The van der Waals surface area contributed by atoms with Crippen molar-refractivity contribution in [2.75, 3.05) is 31.1 Å². The number of nitrogens with two attached hydrogens (primary N) is 1. The predicted octanol–water partition coefficient (Wildman–Crippen LogP) is -0.927. The Morgan fingerprint density at radius 1 is 1.32 bits per heavy atom. The third-order valence-electron chi connectivity index (χ3n) is 3.23. The quantitative estimate of drug-likeness (QED) is 0.626. The summed E-state index contributed by atoms with van der Waals surface area (Å²) in [6, 6.07) is 0. The molecule has 0 aromatic heterocycles. The number of carboxylic acid groups (broad SMARTS) is 1. The maximum Gasteiger partial charge on any atom is 0.307 e. The van der Waals surface area contributed by atoms with Gasteiger partial charge in [-0.05, 0) is 19.4 Å². The topological polar surface area (TPSA) is 118 Å². The minimum absolute atomic E-state index is 0.0629. The number of sulfone groups is 1. The van der Waals surface area contributed by atoms with Crippen LogP contribution in [0.5, 0.6) is 0 Å². The predicted molar refractivity (Wildman–Crippen MR) is 69.3 cm³/mol. The first kappa shape index (κ1) is 15.9. The smallest absolute Gasteiger partial charge is 0.307 e. The van der Waals surface area contributed by atoms with E-state index in [1.807, 2.05) is 4.90 Å². The molecular weight excluding hydrogens is 272 g/mol. The third kappa shape index (κ3) is 6.02. The van der Waals surface area contributed by atoms with Crippen molar-refractivity contribution in [2.24, 2.45) is 11.7 Å².